The van der Waals surface area contributed by atoms with Crippen LogP contribution >= 0.6 is 0 Å². The van der Waals surface area contributed by atoms with Crippen molar-refractivity contribution in [3.8, 4) is 0 Å². The van der Waals surface area contributed by atoms with Crippen molar-refractivity contribution in [3.63, 3.8) is 0 Å². The van der Waals surface area contributed by atoms with Crippen LogP contribution < -0.4 is 10.6 Å². The van der Waals surface area contributed by atoms with E-state index >= 15 is 0 Å². The minimum atomic E-state index is -3.40. The van der Waals surface area contributed by atoms with Gasteiger partial charge >= 0.3 is 0 Å². The zero-order chi connectivity index (χ0) is 14.0. The number of amides is 1. The van der Waals surface area contributed by atoms with Crippen LogP contribution in [0.25, 0.3) is 0 Å². The summed E-state index contributed by atoms with van der Waals surface area (Å²) < 4.78 is 23.2. The second-order valence-electron chi connectivity index (χ2n) is 4.61. The minimum Gasteiger partial charge on any atom is -0.392 e. The summed E-state index contributed by atoms with van der Waals surface area (Å²) in [6, 6.07) is 5.74. The van der Waals surface area contributed by atoms with E-state index in [-0.39, 0.29) is 16.5 Å². The molecule has 7 heteroatoms. The van der Waals surface area contributed by atoms with Gasteiger partial charge in [-0.05, 0) is 18.6 Å². The molecule has 0 aromatic heterocycles. The number of hydrogen-bond acceptors (Lipinski definition) is 5. The number of hydrogen-bond donors (Lipinski definition) is 3. The number of aliphatic hydroxyl groups excluding tert-OH is 1. The summed E-state index contributed by atoms with van der Waals surface area (Å²) in [6.45, 7) is 0.367. The maximum Gasteiger partial charge on any atom is 0.241 e. The molecule has 1 aliphatic rings. The van der Waals surface area contributed by atoms with Crippen LogP contribution in [-0.2, 0) is 14.6 Å². The van der Waals surface area contributed by atoms with Gasteiger partial charge in [0.25, 0.3) is 0 Å². The number of benzene rings is 1. The van der Waals surface area contributed by atoms with Crippen LogP contribution in [0.15, 0.2) is 29.2 Å². The van der Waals surface area contributed by atoms with Gasteiger partial charge in [-0.25, -0.2) is 8.42 Å². The Hall–Kier alpha value is -1.44. The lowest BCUT2D eigenvalue weighted by Crippen LogP contribution is -2.35. The molecule has 0 bridgehead atoms. The highest BCUT2D eigenvalue weighted by Crippen LogP contribution is 2.21. The van der Waals surface area contributed by atoms with Crippen molar-refractivity contribution >= 4 is 21.4 Å². The van der Waals surface area contributed by atoms with E-state index in [9.17, 15) is 18.3 Å². The Balaban J connectivity index is 2.18. The molecule has 1 heterocycles. The van der Waals surface area contributed by atoms with Crippen molar-refractivity contribution in [2.75, 3.05) is 18.1 Å². The maximum atomic E-state index is 12.0. The maximum absolute atomic E-state index is 12.0. The summed E-state index contributed by atoms with van der Waals surface area (Å²) in [4.78, 5) is 12.0. The third-order valence-electron chi connectivity index (χ3n) is 2.97. The molecule has 19 heavy (non-hydrogen) atoms. The fourth-order valence-electron chi connectivity index (χ4n) is 2.03. The summed E-state index contributed by atoms with van der Waals surface area (Å²) in [7, 11) is -3.40. The number of carbonyl (C=O) groups is 1. The first-order valence-electron chi connectivity index (χ1n) is 5.89. The van der Waals surface area contributed by atoms with Crippen LogP contribution in [0, 0.1) is 0 Å². The molecular weight excluding hydrogens is 268 g/mol. The van der Waals surface area contributed by atoms with E-state index < -0.39 is 22.0 Å². The summed E-state index contributed by atoms with van der Waals surface area (Å²) in [5.74, 6) is -0.340. The number of anilines is 1. The van der Waals surface area contributed by atoms with E-state index in [1.165, 1.54) is 6.07 Å². The number of nitrogens with one attached hydrogen (secondary N) is 2. The average molecular weight is 284 g/mol. The SMILES string of the molecule is CS(=O)(=O)c1ccccc1NC(=O)C1CC(O)CN1. The third-order valence-corrected chi connectivity index (χ3v) is 4.12. The predicted octanol–water partition coefficient (Wildman–Crippen LogP) is -0.249. The summed E-state index contributed by atoms with van der Waals surface area (Å²) in [5.41, 5.74) is 0.262. The van der Waals surface area contributed by atoms with Gasteiger partial charge in [-0.2, -0.15) is 0 Å². The Bertz CT molecular complexity index is 585. The molecule has 1 aromatic rings. The van der Waals surface area contributed by atoms with Gasteiger partial charge in [0.05, 0.1) is 22.7 Å². The van der Waals surface area contributed by atoms with Crippen molar-refractivity contribution in [2.24, 2.45) is 0 Å². The highest BCUT2D eigenvalue weighted by atomic mass is 32.2. The molecule has 1 aromatic carbocycles. The van der Waals surface area contributed by atoms with Gasteiger partial charge in [0.2, 0.25) is 5.91 Å². The predicted molar refractivity (Wildman–Crippen MR) is 70.6 cm³/mol. The first kappa shape index (κ1) is 14.0. The van der Waals surface area contributed by atoms with Crippen molar-refractivity contribution in [1.29, 1.82) is 0 Å². The van der Waals surface area contributed by atoms with Crippen LogP contribution in [0.3, 0.4) is 0 Å². The summed E-state index contributed by atoms with van der Waals surface area (Å²) >= 11 is 0. The summed E-state index contributed by atoms with van der Waals surface area (Å²) in [5, 5.41) is 14.8. The zero-order valence-electron chi connectivity index (χ0n) is 10.5. The molecule has 2 unspecified atom stereocenters. The van der Waals surface area contributed by atoms with Crippen LogP contribution in [-0.4, -0.2) is 44.4 Å². The number of β-amino-alcohol motifs (C(OH)–C–C–N with tert-alkyl or cyclic N) is 1. The molecule has 0 radical (unpaired) electrons. The van der Waals surface area contributed by atoms with Gasteiger partial charge in [-0.3, -0.25) is 4.79 Å². The quantitative estimate of drug-likeness (QED) is 0.711. The molecule has 104 valence electrons. The fourth-order valence-corrected chi connectivity index (χ4v) is 2.87. The Kier molecular flexibility index (Phi) is 3.88. The minimum absolute atomic E-state index is 0.0851. The number of carbonyl (C=O) groups excluding carboxylic acids is 1. The number of sulfone groups is 1. The topological polar surface area (TPSA) is 95.5 Å². The van der Waals surface area contributed by atoms with Crippen LogP contribution in [0.4, 0.5) is 5.69 Å². The molecule has 1 fully saturated rings. The standard InChI is InChI=1S/C12H16N2O4S/c1-19(17,18)11-5-3-2-4-9(11)14-12(16)10-6-8(15)7-13-10/h2-5,8,10,13,15H,6-7H2,1H3,(H,14,16). The normalized spacial score (nSPS) is 23.3. The Morgan fingerprint density at radius 3 is 2.68 bits per heavy atom. The van der Waals surface area contributed by atoms with Gasteiger partial charge in [0.15, 0.2) is 9.84 Å². The van der Waals surface area contributed by atoms with Gasteiger partial charge in [-0.1, -0.05) is 12.1 Å². The first-order chi connectivity index (χ1) is 8.88. The Labute approximate surface area is 111 Å². The molecule has 2 rings (SSSR count). The van der Waals surface area contributed by atoms with E-state index in [0.29, 0.717) is 13.0 Å². The van der Waals surface area contributed by atoms with Gasteiger partial charge in [0, 0.05) is 12.8 Å². The molecule has 0 aliphatic carbocycles. The second kappa shape index (κ2) is 5.28. The summed E-state index contributed by atoms with van der Waals surface area (Å²) in [6.07, 6.45) is 0.878. The van der Waals surface area contributed by atoms with Crippen LogP contribution in [0.1, 0.15) is 6.42 Å². The lowest BCUT2D eigenvalue weighted by Gasteiger charge is -2.13. The molecule has 6 nitrogen and oxygen atoms in total. The molecule has 0 saturated carbocycles. The lowest BCUT2D eigenvalue weighted by molar-refractivity contribution is -0.117. The molecule has 3 N–H and O–H groups in total. The fraction of sp³-hybridized carbons (Fsp3) is 0.417. The molecule has 2 atom stereocenters. The van der Waals surface area contributed by atoms with Crippen molar-refractivity contribution in [1.82, 2.24) is 5.32 Å². The van der Waals surface area contributed by atoms with E-state index in [1.807, 2.05) is 0 Å². The van der Waals surface area contributed by atoms with E-state index in [2.05, 4.69) is 10.6 Å². The Morgan fingerprint density at radius 1 is 1.42 bits per heavy atom. The average Bonchev–Trinajstić information content (AvgIpc) is 2.75. The monoisotopic (exact) mass is 284 g/mol. The second-order valence-corrected chi connectivity index (χ2v) is 6.59. The van der Waals surface area contributed by atoms with Gasteiger partial charge in [0.1, 0.15) is 0 Å². The molecule has 1 aliphatic heterocycles. The molecule has 0 spiro atoms. The first-order valence-corrected chi connectivity index (χ1v) is 7.78. The van der Waals surface area contributed by atoms with Crippen LogP contribution in [0.2, 0.25) is 0 Å². The molecule has 1 saturated heterocycles. The van der Waals surface area contributed by atoms with E-state index in [0.717, 1.165) is 6.26 Å². The van der Waals surface area contributed by atoms with E-state index in [1.54, 1.807) is 18.2 Å². The zero-order valence-corrected chi connectivity index (χ0v) is 11.3. The van der Waals surface area contributed by atoms with Crippen molar-refractivity contribution < 1.29 is 18.3 Å². The van der Waals surface area contributed by atoms with Crippen LogP contribution in [0.5, 0.6) is 0 Å². The smallest absolute Gasteiger partial charge is 0.241 e. The number of aliphatic hydroxyl groups is 1. The highest BCUT2D eigenvalue weighted by Gasteiger charge is 2.28. The molecule has 1 amide bonds. The number of para-hydroxylation sites is 1. The van der Waals surface area contributed by atoms with Crippen molar-refractivity contribution in [3.05, 3.63) is 24.3 Å². The third kappa shape index (κ3) is 3.31. The van der Waals surface area contributed by atoms with E-state index in [4.69, 9.17) is 0 Å². The highest BCUT2D eigenvalue weighted by molar-refractivity contribution is 7.90. The molecular formula is C12H16N2O4S. The Morgan fingerprint density at radius 2 is 2.11 bits per heavy atom. The van der Waals surface area contributed by atoms with Gasteiger partial charge in [-0.15, -0.1) is 0 Å². The van der Waals surface area contributed by atoms with Crippen molar-refractivity contribution in [2.45, 2.75) is 23.5 Å². The lowest BCUT2D eigenvalue weighted by atomic mass is 10.2. The largest absolute Gasteiger partial charge is 0.392 e. The number of rotatable bonds is 3. The van der Waals surface area contributed by atoms with Gasteiger partial charge < -0.3 is 15.7 Å².